The lowest BCUT2D eigenvalue weighted by Crippen LogP contribution is -2.45. The normalized spacial score (nSPS) is 19.4. The highest BCUT2D eigenvalue weighted by Gasteiger charge is 2.26. The maximum atomic E-state index is 13.0. The summed E-state index contributed by atoms with van der Waals surface area (Å²) in [4.78, 5) is 12.6. The highest BCUT2D eigenvalue weighted by atomic mass is 32.2. The summed E-state index contributed by atoms with van der Waals surface area (Å²) in [6.07, 6.45) is 2.69. The molecule has 1 saturated carbocycles. The molecule has 1 aliphatic rings. The van der Waals surface area contributed by atoms with E-state index in [1.54, 1.807) is 43.5 Å². The van der Waals surface area contributed by atoms with Gasteiger partial charge in [0.2, 0.25) is 0 Å². The molecule has 0 bridgehead atoms. The average Bonchev–Trinajstić information content (AvgIpc) is 2.75. The molecule has 156 valence electrons. The summed E-state index contributed by atoms with van der Waals surface area (Å²) in [6.45, 7) is 0. The molecule has 0 aromatic heterocycles. The van der Waals surface area contributed by atoms with Crippen molar-refractivity contribution in [1.82, 2.24) is 5.32 Å². The van der Waals surface area contributed by atoms with E-state index < -0.39 is 16.1 Å². The molecule has 8 heteroatoms. The minimum atomic E-state index is -3.85. The van der Waals surface area contributed by atoms with Gasteiger partial charge in [0.25, 0.3) is 15.9 Å². The lowest BCUT2D eigenvalue weighted by molar-refractivity contribution is 0.0717. The van der Waals surface area contributed by atoms with Crippen molar-refractivity contribution >= 4 is 21.6 Å². The summed E-state index contributed by atoms with van der Waals surface area (Å²) in [5, 5.41) is 12.9. The maximum Gasteiger partial charge on any atom is 0.264 e. The fourth-order valence-electron chi connectivity index (χ4n) is 3.42. The third-order valence-corrected chi connectivity index (χ3v) is 7.02. The van der Waals surface area contributed by atoms with E-state index in [4.69, 9.17) is 4.74 Å². The molecule has 2 atom stereocenters. The number of nitrogens with zero attached hydrogens (tertiary/aromatic N) is 1. The monoisotopic (exact) mass is 418 g/mol. The topological polar surface area (TPSA) is 95.9 Å². The number of hydrogen-bond acceptors (Lipinski definition) is 5. The molecule has 0 radical (unpaired) electrons. The number of aliphatic hydroxyl groups excluding tert-OH is 1. The van der Waals surface area contributed by atoms with Gasteiger partial charge >= 0.3 is 0 Å². The van der Waals surface area contributed by atoms with Crippen molar-refractivity contribution in [3.63, 3.8) is 0 Å². The molecule has 7 nitrogen and oxygen atoms in total. The predicted molar refractivity (Wildman–Crippen MR) is 111 cm³/mol. The quantitative estimate of drug-likeness (QED) is 0.752. The number of carbonyl (C=O) groups is 1. The molecule has 2 N–H and O–H groups in total. The molecule has 0 spiro atoms. The van der Waals surface area contributed by atoms with Gasteiger partial charge < -0.3 is 15.2 Å². The van der Waals surface area contributed by atoms with Gasteiger partial charge in [-0.15, -0.1) is 0 Å². The number of hydrogen-bond donors (Lipinski definition) is 2. The fourth-order valence-corrected chi connectivity index (χ4v) is 4.66. The Bertz CT molecular complexity index is 959. The van der Waals surface area contributed by atoms with Crippen LogP contribution in [-0.2, 0) is 10.0 Å². The van der Waals surface area contributed by atoms with E-state index >= 15 is 0 Å². The van der Waals surface area contributed by atoms with E-state index in [0.717, 1.165) is 17.1 Å². The van der Waals surface area contributed by atoms with E-state index in [-0.39, 0.29) is 22.4 Å². The summed E-state index contributed by atoms with van der Waals surface area (Å²) in [5.74, 6) is 0.239. The van der Waals surface area contributed by atoms with E-state index in [0.29, 0.717) is 24.3 Å². The molecule has 0 heterocycles. The molecule has 1 fully saturated rings. The van der Waals surface area contributed by atoms with Gasteiger partial charge in [0.1, 0.15) is 5.75 Å². The molecular formula is C21H26N2O5S. The zero-order valence-electron chi connectivity index (χ0n) is 16.5. The first-order chi connectivity index (χ1) is 13.8. The molecule has 1 aliphatic carbocycles. The largest absolute Gasteiger partial charge is 0.497 e. The van der Waals surface area contributed by atoms with Crippen LogP contribution in [0.3, 0.4) is 0 Å². The Morgan fingerprint density at radius 2 is 1.83 bits per heavy atom. The molecule has 1 amide bonds. The number of carbonyl (C=O) groups excluding carboxylic acids is 1. The average molecular weight is 419 g/mol. The van der Waals surface area contributed by atoms with Crippen LogP contribution in [-0.4, -0.2) is 45.7 Å². The minimum absolute atomic E-state index is 0.0210. The number of nitrogens with one attached hydrogen (secondary N) is 1. The summed E-state index contributed by atoms with van der Waals surface area (Å²) < 4.78 is 32.3. The van der Waals surface area contributed by atoms with Crippen molar-refractivity contribution in [2.45, 2.75) is 42.7 Å². The van der Waals surface area contributed by atoms with Gasteiger partial charge in [-0.3, -0.25) is 9.10 Å². The molecule has 2 aromatic carbocycles. The third kappa shape index (κ3) is 4.71. The van der Waals surface area contributed by atoms with E-state index in [2.05, 4.69) is 5.32 Å². The van der Waals surface area contributed by atoms with Crippen LogP contribution in [0.1, 0.15) is 36.0 Å². The number of amides is 1. The van der Waals surface area contributed by atoms with Gasteiger partial charge in [0, 0.05) is 12.6 Å². The van der Waals surface area contributed by atoms with Crippen LogP contribution in [0.25, 0.3) is 0 Å². The highest BCUT2D eigenvalue weighted by molar-refractivity contribution is 7.92. The Morgan fingerprint density at radius 3 is 2.48 bits per heavy atom. The maximum absolute atomic E-state index is 13.0. The first-order valence-corrected chi connectivity index (χ1v) is 11.0. The van der Waals surface area contributed by atoms with Crippen LogP contribution < -0.4 is 14.4 Å². The smallest absolute Gasteiger partial charge is 0.264 e. The number of aliphatic hydroxyl groups is 1. The molecule has 29 heavy (non-hydrogen) atoms. The van der Waals surface area contributed by atoms with Crippen molar-refractivity contribution in [1.29, 1.82) is 0 Å². The van der Waals surface area contributed by atoms with Gasteiger partial charge in [-0.25, -0.2) is 8.42 Å². The van der Waals surface area contributed by atoms with Crippen molar-refractivity contribution in [2.24, 2.45) is 0 Å². The first-order valence-electron chi connectivity index (χ1n) is 9.55. The van der Waals surface area contributed by atoms with E-state index in [1.807, 2.05) is 0 Å². The second kappa shape index (κ2) is 8.84. The molecule has 2 aromatic rings. The molecular weight excluding hydrogens is 392 g/mol. The Balaban J connectivity index is 1.80. The Morgan fingerprint density at radius 1 is 1.14 bits per heavy atom. The SMILES string of the molecule is COc1ccc(N(C)S(=O)(=O)c2cccc(C(=O)N[C@H]3CCCC[C@H]3O)c2)cc1. The second-order valence-electron chi connectivity index (χ2n) is 7.13. The second-order valence-corrected chi connectivity index (χ2v) is 9.10. The van der Waals surface area contributed by atoms with Gasteiger partial charge in [0.15, 0.2) is 0 Å². The zero-order valence-corrected chi connectivity index (χ0v) is 17.4. The summed E-state index contributed by atoms with van der Waals surface area (Å²) in [6, 6.07) is 12.3. The van der Waals surface area contributed by atoms with Crippen LogP contribution in [0.15, 0.2) is 53.4 Å². The van der Waals surface area contributed by atoms with Gasteiger partial charge in [-0.05, 0) is 55.3 Å². The number of ether oxygens (including phenoxy) is 1. The van der Waals surface area contributed by atoms with Crippen LogP contribution in [0.4, 0.5) is 5.69 Å². The van der Waals surface area contributed by atoms with Crippen LogP contribution in [0.2, 0.25) is 0 Å². The van der Waals surface area contributed by atoms with Gasteiger partial charge in [-0.1, -0.05) is 18.9 Å². The summed E-state index contributed by atoms with van der Waals surface area (Å²) in [5.41, 5.74) is 0.720. The van der Waals surface area contributed by atoms with Crippen molar-refractivity contribution < 1.29 is 23.1 Å². The number of anilines is 1. The van der Waals surface area contributed by atoms with Gasteiger partial charge in [0.05, 0.1) is 29.8 Å². The summed E-state index contributed by atoms with van der Waals surface area (Å²) in [7, 11) is -0.848. The van der Waals surface area contributed by atoms with Gasteiger partial charge in [-0.2, -0.15) is 0 Å². The summed E-state index contributed by atoms with van der Waals surface area (Å²) >= 11 is 0. The number of methoxy groups -OCH3 is 1. The van der Waals surface area contributed by atoms with Crippen LogP contribution >= 0.6 is 0 Å². The zero-order chi connectivity index (χ0) is 21.0. The molecule has 3 rings (SSSR count). The fraction of sp³-hybridized carbons (Fsp3) is 0.381. The Labute approximate surface area is 171 Å². The minimum Gasteiger partial charge on any atom is -0.497 e. The number of sulfonamides is 1. The Hall–Kier alpha value is -2.58. The van der Waals surface area contributed by atoms with E-state index in [9.17, 15) is 18.3 Å². The number of rotatable bonds is 6. The molecule has 0 unspecified atom stereocenters. The van der Waals surface area contributed by atoms with Crippen molar-refractivity contribution in [3.8, 4) is 5.75 Å². The van der Waals surface area contributed by atoms with E-state index in [1.165, 1.54) is 19.2 Å². The molecule has 0 saturated heterocycles. The Kier molecular flexibility index (Phi) is 6.44. The standard InChI is InChI=1S/C21H26N2O5S/c1-23(16-10-12-17(28-2)13-11-16)29(26,27)18-7-5-6-15(14-18)21(25)22-19-8-3-4-9-20(19)24/h5-7,10-14,19-20,24H,3-4,8-9H2,1-2H3,(H,22,25)/t19-,20+/m0/s1. The van der Waals surface area contributed by atoms with Crippen LogP contribution in [0.5, 0.6) is 5.75 Å². The lowest BCUT2D eigenvalue weighted by atomic mass is 9.92. The third-order valence-electron chi connectivity index (χ3n) is 5.24. The number of benzene rings is 2. The highest BCUT2D eigenvalue weighted by Crippen LogP contribution is 2.25. The van der Waals surface area contributed by atoms with Crippen molar-refractivity contribution in [3.05, 3.63) is 54.1 Å². The lowest BCUT2D eigenvalue weighted by Gasteiger charge is -2.28. The predicted octanol–water partition coefficient (Wildman–Crippen LogP) is 2.55. The van der Waals surface area contributed by atoms with Crippen molar-refractivity contribution in [2.75, 3.05) is 18.5 Å². The van der Waals surface area contributed by atoms with Crippen LogP contribution in [0, 0.1) is 0 Å². The molecule has 0 aliphatic heterocycles. The first kappa shape index (κ1) is 21.1.